The fourth-order valence-electron chi connectivity index (χ4n) is 5.32. The predicted octanol–water partition coefficient (Wildman–Crippen LogP) is 8.55. The number of amides is 2. The monoisotopic (exact) mass is 633 g/mol. The van der Waals surface area contributed by atoms with Gasteiger partial charge in [0, 0.05) is 23.3 Å². The van der Waals surface area contributed by atoms with Crippen LogP contribution in [0.15, 0.2) is 85.1 Å². The minimum absolute atomic E-state index is 0.0329. The number of carbonyl (C=O) groups is 2. The van der Waals surface area contributed by atoms with E-state index < -0.39 is 53.4 Å². The lowest BCUT2D eigenvalue weighted by Crippen LogP contribution is -2.47. The van der Waals surface area contributed by atoms with Crippen molar-refractivity contribution in [1.29, 1.82) is 0 Å². The summed E-state index contributed by atoms with van der Waals surface area (Å²) < 4.78 is 83.3. The van der Waals surface area contributed by atoms with Gasteiger partial charge in [0.25, 0.3) is 5.91 Å². The van der Waals surface area contributed by atoms with Crippen molar-refractivity contribution in [3.63, 3.8) is 0 Å². The molecule has 0 radical (unpaired) electrons. The van der Waals surface area contributed by atoms with Crippen LogP contribution in [-0.2, 0) is 17.1 Å². The molecule has 3 aromatic carbocycles. The van der Waals surface area contributed by atoms with Crippen molar-refractivity contribution < 1.29 is 35.9 Å². The van der Waals surface area contributed by atoms with Gasteiger partial charge in [0.15, 0.2) is 0 Å². The minimum atomic E-state index is -5.13. The van der Waals surface area contributed by atoms with Crippen molar-refractivity contribution >= 4 is 29.1 Å². The first-order chi connectivity index (χ1) is 20.8. The first kappa shape index (κ1) is 31.2. The lowest BCUT2D eigenvalue weighted by molar-refractivity contribution is -0.143. The molecular weight excluding hydrogens is 608 g/mol. The zero-order valence-electron chi connectivity index (χ0n) is 23.3. The number of alkyl halides is 6. The Bertz CT molecular complexity index is 1650. The van der Waals surface area contributed by atoms with Crippen molar-refractivity contribution in [3.8, 4) is 5.69 Å². The average Bonchev–Trinajstić information content (AvgIpc) is 3.47. The fraction of sp³-hybridized carbons (Fsp3) is 0.250. The largest absolute Gasteiger partial charge is 0.416 e. The molecule has 0 saturated carbocycles. The van der Waals surface area contributed by atoms with E-state index in [1.165, 1.54) is 4.90 Å². The minimum Gasteiger partial charge on any atom is -0.329 e. The number of fused-ring (bicyclic) bond motifs is 3. The molecule has 5 rings (SSSR count). The summed E-state index contributed by atoms with van der Waals surface area (Å²) >= 11 is 6.13. The SMILES string of the molecule is CCCCN(CC(=O)N1c2ccccc2-n2cccc2C1c1ccc(Cl)cc1)C(=O)c1cc(C(F)(F)F)cc(C(F)(F)F)c1. The summed E-state index contributed by atoms with van der Waals surface area (Å²) in [7, 11) is 0. The van der Waals surface area contributed by atoms with Crippen LogP contribution in [0.4, 0.5) is 32.0 Å². The smallest absolute Gasteiger partial charge is 0.329 e. The zero-order chi connectivity index (χ0) is 31.8. The van der Waals surface area contributed by atoms with Gasteiger partial charge in [-0.2, -0.15) is 26.3 Å². The first-order valence-corrected chi connectivity index (χ1v) is 14.1. The molecule has 0 N–H and O–H groups in total. The zero-order valence-corrected chi connectivity index (χ0v) is 24.0. The molecule has 0 aliphatic carbocycles. The highest BCUT2D eigenvalue weighted by atomic mass is 35.5. The van der Waals surface area contributed by atoms with Gasteiger partial charge >= 0.3 is 12.4 Å². The molecule has 1 aliphatic rings. The Kier molecular flexibility index (Phi) is 8.53. The highest BCUT2D eigenvalue weighted by molar-refractivity contribution is 6.30. The molecule has 2 heterocycles. The number of para-hydroxylation sites is 2. The molecule has 12 heteroatoms. The topological polar surface area (TPSA) is 45.6 Å². The van der Waals surface area contributed by atoms with Gasteiger partial charge in [-0.3, -0.25) is 14.5 Å². The average molecular weight is 634 g/mol. The second kappa shape index (κ2) is 12.0. The second-order valence-electron chi connectivity index (χ2n) is 10.4. The quantitative estimate of drug-likeness (QED) is 0.192. The molecule has 0 spiro atoms. The summed E-state index contributed by atoms with van der Waals surface area (Å²) in [5.74, 6) is -1.68. The molecular formula is C32H26ClF6N3O2. The number of carbonyl (C=O) groups excluding carboxylic acids is 2. The number of hydrogen-bond acceptors (Lipinski definition) is 2. The summed E-state index contributed by atoms with van der Waals surface area (Å²) in [5.41, 5.74) is -1.38. The molecule has 44 heavy (non-hydrogen) atoms. The Balaban J connectivity index is 1.57. The number of nitrogens with zero attached hydrogens (tertiary/aromatic N) is 3. The van der Waals surface area contributed by atoms with Crippen LogP contribution in [0.1, 0.15) is 58.5 Å². The van der Waals surface area contributed by atoms with E-state index in [1.54, 1.807) is 42.5 Å². The summed E-state index contributed by atoms with van der Waals surface area (Å²) in [6.45, 7) is 1.16. The lowest BCUT2D eigenvalue weighted by atomic mass is 9.97. The van der Waals surface area contributed by atoms with Crippen molar-refractivity contribution in [3.05, 3.63) is 118 Å². The first-order valence-electron chi connectivity index (χ1n) is 13.7. The van der Waals surface area contributed by atoms with E-state index in [2.05, 4.69) is 0 Å². The van der Waals surface area contributed by atoms with Gasteiger partial charge in [0.2, 0.25) is 5.91 Å². The van der Waals surface area contributed by atoms with Crippen molar-refractivity contribution in [2.45, 2.75) is 38.2 Å². The normalized spacial score (nSPS) is 14.6. The number of anilines is 1. The van der Waals surface area contributed by atoms with Crippen molar-refractivity contribution in [1.82, 2.24) is 9.47 Å². The molecule has 1 unspecified atom stereocenters. The van der Waals surface area contributed by atoms with E-state index in [0.717, 1.165) is 10.6 Å². The summed E-state index contributed by atoms with van der Waals surface area (Å²) in [4.78, 5) is 30.4. The number of aromatic nitrogens is 1. The Hall–Kier alpha value is -4.25. The number of benzene rings is 3. The second-order valence-corrected chi connectivity index (χ2v) is 10.8. The highest BCUT2D eigenvalue weighted by Crippen LogP contribution is 2.43. The van der Waals surface area contributed by atoms with Gasteiger partial charge in [0.05, 0.1) is 28.2 Å². The van der Waals surface area contributed by atoms with E-state index in [-0.39, 0.29) is 12.6 Å². The number of rotatable bonds is 7. The van der Waals surface area contributed by atoms with Crippen LogP contribution in [-0.4, -0.2) is 34.4 Å². The van der Waals surface area contributed by atoms with Crippen LogP contribution in [0, 0.1) is 0 Å². The van der Waals surface area contributed by atoms with Gasteiger partial charge in [-0.05, 0) is 66.6 Å². The number of halogens is 7. The van der Waals surface area contributed by atoms with Crippen molar-refractivity contribution in [2.75, 3.05) is 18.0 Å². The third kappa shape index (κ3) is 6.19. The highest BCUT2D eigenvalue weighted by Gasteiger charge is 2.40. The molecule has 4 aromatic rings. The van der Waals surface area contributed by atoms with Gasteiger partial charge in [-0.15, -0.1) is 0 Å². The lowest BCUT2D eigenvalue weighted by Gasteiger charge is -2.39. The number of unbranched alkanes of at least 4 members (excludes halogenated alkanes) is 1. The van der Waals surface area contributed by atoms with E-state index >= 15 is 0 Å². The fourth-order valence-corrected chi connectivity index (χ4v) is 5.45. The van der Waals surface area contributed by atoms with Gasteiger partial charge < -0.3 is 9.47 Å². The maximum absolute atomic E-state index is 14.2. The molecule has 1 atom stereocenters. The van der Waals surface area contributed by atoms with Crippen LogP contribution in [0.5, 0.6) is 0 Å². The molecule has 230 valence electrons. The van der Waals surface area contributed by atoms with E-state index in [4.69, 9.17) is 11.6 Å². The molecule has 5 nitrogen and oxygen atoms in total. The Labute approximate surface area is 254 Å². The standard InChI is InChI=1S/C32H26ClF6N3O2/c1-2-3-14-40(30(44)21-16-22(31(34,35)36)18-23(17-21)32(37,38)39)19-28(43)42-26-8-5-4-7-25(26)41-15-6-9-27(41)29(42)20-10-12-24(33)13-11-20/h4-13,15-18,29H,2-3,14,19H2,1H3. The number of hydrogen-bond donors (Lipinski definition) is 0. The Morgan fingerprint density at radius 3 is 2.05 bits per heavy atom. The molecule has 2 amide bonds. The maximum Gasteiger partial charge on any atom is 0.416 e. The van der Waals surface area contributed by atoms with Crippen molar-refractivity contribution in [2.24, 2.45) is 0 Å². The third-order valence-electron chi connectivity index (χ3n) is 7.40. The maximum atomic E-state index is 14.2. The predicted molar refractivity (Wildman–Crippen MR) is 154 cm³/mol. The summed E-state index contributed by atoms with van der Waals surface area (Å²) in [6, 6.07) is 17.7. The van der Waals surface area contributed by atoms with Crippen LogP contribution >= 0.6 is 11.6 Å². The molecule has 0 saturated heterocycles. The van der Waals surface area contributed by atoms with Crippen LogP contribution in [0.2, 0.25) is 5.02 Å². The van der Waals surface area contributed by atoms with E-state index in [9.17, 15) is 35.9 Å². The molecule has 0 fully saturated rings. The summed E-state index contributed by atoms with van der Waals surface area (Å²) in [6.07, 6.45) is -7.48. The molecule has 0 bridgehead atoms. The molecule has 1 aromatic heterocycles. The molecule has 1 aliphatic heterocycles. The van der Waals surface area contributed by atoms with Crippen LogP contribution in [0.25, 0.3) is 5.69 Å². The van der Waals surface area contributed by atoms with E-state index in [1.807, 2.05) is 35.9 Å². The van der Waals surface area contributed by atoms with E-state index in [0.29, 0.717) is 46.9 Å². The van der Waals surface area contributed by atoms with Gasteiger partial charge in [0.1, 0.15) is 12.6 Å². The van der Waals surface area contributed by atoms with Crippen LogP contribution < -0.4 is 4.90 Å². The van der Waals surface area contributed by atoms with Gasteiger partial charge in [-0.1, -0.05) is 49.2 Å². The Morgan fingerprint density at radius 2 is 1.45 bits per heavy atom. The summed E-state index contributed by atoms with van der Waals surface area (Å²) in [5, 5.41) is 0.480. The Morgan fingerprint density at radius 1 is 0.841 bits per heavy atom. The third-order valence-corrected chi connectivity index (χ3v) is 7.66. The van der Waals surface area contributed by atoms with Gasteiger partial charge in [-0.25, -0.2) is 0 Å². The van der Waals surface area contributed by atoms with Crippen LogP contribution in [0.3, 0.4) is 0 Å².